The van der Waals surface area contributed by atoms with E-state index in [4.69, 9.17) is 4.55 Å². The highest BCUT2D eigenvalue weighted by Crippen LogP contribution is 2.06. The molecular formula is C16H27N3O4S. The summed E-state index contributed by atoms with van der Waals surface area (Å²) < 4.78 is 30.0. The molecule has 1 aromatic rings. The monoisotopic (exact) mass is 357 g/mol. The van der Waals surface area contributed by atoms with Gasteiger partial charge in [0.1, 0.15) is 5.69 Å². The van der Waals surface area contributed by atoms with Crippen LogP contribution in [0.15, 0.2) is 12.1 Å². The Morgan fingerprint density at radius 3 is 2.62 bits per heavy atom. The molecular weight excluding hydrogens is 330 g/mol. The van der Waals surface area contributed by atoms with E-state index in [0.717, 1.165) is 24.2 Å². The molecule has 1 heterocycles. The van der Waals surface area contributed by atoms with Crippen molar-refractivity contribution in [3.05, 3.63) is 29.1 Å². The highest BCUT2D eigenvalue weighted by molar-refractivity contribution is 7.85. The second-order valence-electron chi connectivity index (χ2n) is 5.80. The van der Waals surface area contributed by atoms with Crippen LogP contribution in [-0.4, -0.2) is 42.7 Å². The molecule has 0 saturated carbocycles. The van der Waals surface area contributed by atoms with Crippen LogP contribution in [0.2, 0.25) is 0 Å². The summed E-state index contributed by atoms with van der Waals surface area (Å²) in [6.45, 7) is 5.39. The fraction of sp³-hybridized carbons (Fsp3) is 0.625. The summed E-state index contributed by atoms with van der Waals surface area (Å²) in [5, 5.41) is 5.75. The number of carbonyl (C=O) groups is 1. The molecule has 8 heteroatoms. The Morgan fingerprint density at radius 1 is 1.21 bits per heavy atom. The maximum atomic E-state index is 12.0. The van der Waals surface area contributed by atoms with Crippen molar-refractivity contribution in [2.45, 2.75) is 46.1 Å². The molecule has 7 nitrogen and oxygen atoms in total. The third-order valence-electron chi connectivity index (χ3n) is 3.41. The molecule has 0 atom stereocenters. The van der Waals surface area contributed by atoms with Gasteiger partial charge in [-0.25, -0.2) is 4.98 Å². The largest absolute Gasteiger partial charge is 0.350 e. The van der Waals surface area contributed by atoms with Crippen LogP contribution < -0.4 is 10.6 Å². The molecule has 0 aromatic carbocycles. The van der Waals surface area contributed by atoms with Gasteiger partial charge in [0.2, 0.25) is 0 Å². The van der Waals surface area contributed by atoms with Crippen LogP contribution in [0.4, 0.5) is 0 Å². The zero-order valence-electron chi connectivity index (χ0n) is 14.3. The number of aryl methyl sites for hydroxylation is 1. The number of amides is 1. The van der Waals surface area contributed by atoms with Gasteiger partial charge in [-0.1, -0.05) is 26.2 Å². The Balaban J connectivity index is 2.51. The number of carbonyl (C=O) groups excluding carboxylic acids is 1. The predicted molar refractivity (Wildman–Crippen MR) is 93.6 cm³/mol. The van der Waals surface area contributed by atoms with E-state index >= 15 is 0 Å². The van der Waals surface area contributed by atoms with Crippen LogP contribution in [0.3, 0.4) is 0 Å². The molecule has 1 amide bonds. The first-order valence-corrected chi connectivity index (χ1v) is 9.84. The third kappa shape index (κ3) is 8.95. The van der Waals surface area contributed by atoms with Crippen molar-refractivity contribution in [3.8, 4) is 0 Å². The van der Waals surface area contributed by atoms with Crippen molar-refractivity contribution in [2.24, 2.45) is 0 Å². The lowest BCUT2D eigenvalue weighted by atomic mass is 10.2. The molecule has 136 valence electrons. The van der Waals surface area contributed by atoms with Crippen molar-refractivity contribution >= 4 is 16.0 Å². The summed E-state index contributed by atoms with van der Waals surface area (Å²) in [4.78, 5) is 16.3. The average molecular weight is 357 g/mol. The first-order valence-electron chi connectivity index (χ1n) is 8.23. The van der Waals surface area contributed by atoms with Crippen molar-refractivity contribution in [2.75, 3.05) is 18.8 Å². The molecule has 0 bridgehead atoms. The average Bonchev–Trinajstić information content (AvgIpc) is 2.49. The summed E-state index contributed by atoms with van der Waals surface area (Å²) in [6.07, 6.45) is 4.75. The minimum absolute atomic E-state index is 0.154. The summed E-state index contributed by atoms with van der Waals surface area (Å²) in [6, 6.07) is 3.56. The van der Waals surface area contributed by atoms with Gasteiger partial charge < -0.3 is 10.6 Å². The van der Waals surface area contributed by atoms with Crippen LogP contribution >= 0.6 is 0 Å². The predicted octanol–water partition coefficient (Wildman–Crippen LogP) is 1.68. The Labute approximate surface area is 144 Å². The lowest BCUT2D eigenvalue weighted by Gasteiger charge is -2.09. The van der Waals surface area contributed by atoms with Crippen molar-refractivity contribution in [1.29, 1.82) is 0 Å². The van der Waals surface area contributed by atoms with E-state index in [1.165, 1.54) is 19.3 Å². The summed E-state index contributed by atoms with van der Waals surface area (Å²) in [7, 11) is -4.09. The molecule has 0 fully saturated rings. The lowest BCUT2D eigenvalue weighted by molar-refractivity contribution is 0.0950. The number of hydrogen-bond acceptors (Lipinski definition) is 5. The van der Waals surface area contributed by atoms with E-state index in [2.05, 4.69) is 22.5 Å². The molecule has 24 heavy (non-hydrogen) atoms. The van der Waals surface area contributed by atoms with Crippen molar-refractivity contribution < 1.29 is 17.8 Å². The summed E-state index contributed by atoms with van der Waals surface area (Å²) in [5.74, 6) is -0.969. The zero-order valence-corrected chi connectivity index (χ0v) is 15.2. The first kappa shape index (κ1) is 20.5. The number of rotatable bonds is 11. The van der Waals surface area contributed by atoms with Gasteiger partial charge >= 0.3 is 0 Å². The number of aromatic nitrogens is 1. The molecule has 1 rings (SSSR count). The van der Waals surface area contributed by atoms with Gasteiger partial charge in [0.25, 0.3) is 16.0 Å². The number of hydrogen-bond donors (Lipinski definition) is 3. The highest BCUT2D eigenvalue weighted by atomic mass is 32.2. The molecule has 1 aromatic heterocycles. The Bertz CT molecular complexity index is 632. The fourth-order valence-electron chi connectivity index (χ4n) is 2.22. The topological polar surface area (TPSA) is 108 Å². The van der Waals surface area contributed by atoms with E-state index in [9.17, 15) is 13.2 Å². The van der Waals surface area contributed by atoms with Gasteiger partial charge in [0, 0.05) is 13.1 Å². The van der Waals surface area contributed by atoms with Crippen LogP contribution in [0.5, 0.6) is 0 Å². The standard InChI is InChI=1S/C16H27N3O4S/c1-3-4-5-6-7-17-12-14-10-13(2)11-15(19-14)16(20)18-8-9-24(21,22)23/h10-11,17H,3-9,12H2,1-2H3,(H,18,20)(H,21,22,23). The normalized spacial score (nSPS) is 11.5. The maximum Gasteiger partial charge on any atom is 0.269 e. The molecule has 0 spiro atoms. The van der Waals surface area contributed by atoms with Gasteiger partial charge in [-0.3, -0.25) is 9.35 Å². The third-order valence-corrected chi connectivity index (χ3v) is 4.13. The van der Waals surface area contributed by atoms with Crippen molar-refractivity contribution in [1.82, 2.24) is 15.6 Å². The Hall–Kier alpha value is -1.51. The van der Waals surface area contributed by atoms with Crippen LogP contribution in [0.1, 0.15) is 54.4 Å². The van der Waals surface area contributed by atoms with E-state index < -0.39 is 21.8 Å². The van der Waals surface area contributed by atoms with Gasteiger partial charge in [-0.15, -0.1) is 0 Å². The second kappa shape index (κ2) is 10.4. The van der Waals surface area contributed by atoms with E-state index in [1.807, 2.05) is 13.0 Å². The maximum absolute atomic E-state index is 12.0. The van der Waals surface area contributed by atoms with Gasteiger partial charge in [0.15, 0.2) is 0 Å². The molecule has 0 aliphatic rings. The van der Waals surface area contributed by atoms with E-state index in [1.54, 1.807) is 6.07 Å². The number of nitrogens with one attached hydrogen (secondary N) is 2. The number of pyridine rings is 1. The molecule has 0 unspecified atom stereocenters. The summed E-state index contributed by atoms with van der Waals surface area (Å²) >= 11 is 0. The lowest BCUT2D eigenvalue weighted by Crippen LogP contribution is -2.30. The Kier molecular flexibility index (Phi) is 8.88. The summed E-state index contributed by atoms with van der Waals surface area (Å²) in [5.41, 5.74) is 1.92. The minimum atomic E-state index is -4.09. The van der Waals surface area contributed by atoms with Gasteiger partial charge in [-0.2, -0.15) is 8.42 Å². The second-order valence-corrected chi connectivity index (χ2v) is 7.37. The number of nitrogens with zero attached hydrogens (tertiary/aromatic N) is 1. The van der Waals surface area contributed by atoms with Gasteiger partial charge in [0.05, 0.1) is 11.4 Å². The van der Waals surface area contributed by atoms with E-state index in [0.29, 0.717) is 6.54 Å². The minimum Gasteiger partial charge on any atom is -0.350 e. The van der Waals surface area contributed by atoms with Crippen LogP contribution in [0, 0.1) is 6.92 Å². The molecule has 0 saturated heterocycles. The smallest absolute Gasteiger partial charge is 0.269 e. The molecule has 0 aliphatic heterocycles. The molecule has 0 aliphatic carbocycles. The zero-order chi connectivity index (χ0) is 18.0. The van der Waals surface area contributed by atoms with Crippen molar-refractivity contribution in [3.63, 3.8) is 0 Å². The van der Waals surface area contributed by atoms with Crippen LogP contribution in [0.25, 0.3) is 0 Å². The van der Waals surface area contributed by atoms with Crippen LogP contribution in [-0.2, 0) is 16.7 Å². The Morgan fingerprint density at radius 2 is 1.96 bits per heavy atom. The molecule has 0 radical (unpaired) electrons. The SMILES string of the molecule is CCCCCCNCc1cc(C)cc(C(=O)NCCS(=O)(=O)O)n1. The van der Waals surface area contributed by atoms with Gasteiger partial charge in [-0.05, 0) is 37.6 Å². The fourth-order valence-corrected chi connectivity index (χ4v) is 2.58. The highest BCUT2D eigenvalue weighted by Gasteiger charge is 2.11. The van der Waals surface area contributed by atoms with E-state index in [-0.39, 0.29) is 12.2 Å². The quantitative estimate of drug-likeness (QED) is 0.411. The number of unbranched alkanes of at least 4 members (excludes halogenated alkanes) is 3. The molecule has 3 N–H and O–H groups in total. The first-order chi connectivity index (χ1) is 11.3.